The zero-order valence-corrected chi connectivity index (χ0v) is 24.2. The van der Waals surface area contributed by atoms with Crippen molar-refractivity contribution in [2.45, 2.75) is 13.5 Å². The summed E-state index contributed by atoms with van der Waals surface area (Å²) in [5.41, 5.74) is 2.04. The van der Waals surface area contributed by atoms with Crippen molar-refractivity contribution in [3.05, 3.63) is 116 Å². The van der Waals surface area contributed by atoms with Gasteiger partial charge in [0.05, 0.1) is 10.0 Å². The molecule has 3 aromatic carbocycles. The highest BCUT2D eigenvalue weighted by Crippen LogP contribution is 2.30. The second-order valence-electron chi connectivity index (χ2n) is 8.39. The summed E-state index contributed by atoms with van der Waals surface area (Å²) >= 11 is 29.5. The molecule has 5 rings (SSSR count). The first kappa shape index (κ1) is 29.1. The maximum atomic E-state index is 12.8. The van der Waals surface area contributed by atoms with Gasteiger partial charge in [-0.2, -0.15) is 0 Å². The molecule has 0 saturated carbocycles. The summed E-state index contributed by atoms with van der Waals surface area (Å²) in [6, 6.07) is 20.1. The molecule has 0 saturated heterocycles. The Morgan fingerprint density at radius 1 is 0.718 bits per heavy atom. The lowest BCUT2D eigenvalue weighted by Gasteiger charge is -2.21. The summed E-state index contributed by atoms with van der Waals surface area (Å²) in [7, 11) is 0. The van der Waals surface area contributed by atoms with Gasteiger partial charge >= 0.3 is 0 Å². The molecule has 0 radical (unpaired) electrons. The van der Waals surface area contributed by atoms with Crippen LogP contribution >= 0.6 is 58.0 Å². The van der Waals surface area contributed by atoms with Crippen LogP contribution in [-0.4, -0.2) is 32.6 Å². The molecule has 0 spiro atoms. The molecule has 0 aliphatic rings. The highest BCUT2D eigenvalue weighted by Gasteiger charge is 2.16. The Hall–Kier alpha value is -2.93. The minimum atomic E-state index is -0.534. The number of benzene rings is 3. The van der Waals surface area contributed by atoms with Crippen molar-refractivity contribution < 1.29 is 9.59 Å². The Bertz CT molecular complexity index is 1680. The topological polar surface area (TPSA) is 63.2 Å². The van der Waals surface area contributed by atoms with Crippen LogP contribution in [0.3, 0.4) is 0 Å². The summed E-state index contributed by atoms with van der Waals surface area (Å²) in [5.74, 6) is -0.0423. The third-order valence-electron chi connectivity index (χ3n) is 5.94. The molecule has 1 amide bonds. The van der Waals surface area contributed by atoms with E-state index in [9.17, 15) is 9.59 Å². The maximum Gasteiger partial charge on any atom is 0.254 e. The molecule has 0 N–H and O–H groups in total. The zero-order chi connectivity index (χ0) is 28.1. The van der Waals surface area contributed by atoms with Gasteiger partial charge in [-0.05, 0) is 48.4 Å². The van der Waals surface area contributed by atoms with Crippen LogP contribution in [0.25, 0.3) is 21.5 Å². The van der Waals surface area contributed by atoms with Gasteiger partial charge in [-0.25, -0.2) is 9.97 Å². The predicted molar refractivity (Wildman–Crippen MR) is 161 cm³/mol. The standard InChI is InChI=1S/C19H16Cl2N2O.C10H4Cl3NO/c1-2-23(12-13-6-4-3-5-7-13)19(24)14-8-9-15-16(10-14)18(21)22-11-17(15)20;11-8-4-14-9(12)7-3-5(10(13)15)1-2-6(7)8/h3-11H,2,12H2,1H3;1-4H. The molecule has 5 aromatic rings. The van der Waals surface area contributed by atoms with Crippen molar-refractivity contribution in [1.82, 2.24) is 14.9 Å². The number of pyridine rings is 2. The van der Waals surface area contributed by atoms with Gasteiger partial charge < -0.3 is 4.90 Å². The molecule has 198 valence electrons. The van der Waals surface area contributed by atoms with E-state index in [1.165, 1.54) is 12.4 Å². The fourth-order valence-electron chi connectivity index (χ4n) is 3.92. The summed E-state index contributed by atoms with van der Waals surface area (Å²) < 4.78 is 0. The lowest BCUT2D eigenvalue weighted by atomic mass is 10.1. The van der Waals surface area contributed by atoms with E-state index in [4.69, 9.17) is 58.0 Å². The minimum Gasteiger partial charge on any atom is -0.335 e. The van der Waals surface area contributed by atoms with E-state index in [2.05, 4.69) is 9.97 Å². The fourth-order valence-corrected chi connectivity index (χ4v) is 4.88. The molecule has 39 heavy (non-hydrogen) atoms. The number of carbonyl (C=O) groups is 2. The van der Waals surface area contributed by atoms with Crippen molar-refractivity contribution in [3.63, 3.8) is 0 Å². The van der Waals surface area contributed by atoms with Crippen LogP contribution in [-0.2, 0) is 6.54 Å². The lowest BCUT2D eigenvalue weighted by molar-refractivity contribution is 0.0752. The van der Waals surface area contributed by atoms with Gasteiger partial charge in [-0.3, -0.25) is 9.59 Å². The smallest absolute Gasteiger partial charge is 0.254 e. The molecule has 2 heterocycles. The van der Waals surface area contributed by atoms with E-state index in [-0.39, 0.29) is 5.91 Å². The zero-order valence-electron chi connectivity index (χ0n) is 20.5. The Morgan fingerprint density at radius 2 is 1.23 bits per heavy atom. The van der Waals surface area contributed by atoms with E-state index in [0.717, 1.165) is 16.3 Å². The molecule has 10 heteroatoms. The molecule has 0 fully saturated rings. The first-order chi connectivity index (χ1) is 18.7. The number of amides is 1. The van der Waals surface area contributed by atoms with Gasteiger partial charge in [-0.15, -0.1) is 0 Å². The summed E-state index contributed by atoms with van der Waals surface area (Å²) in [5, 5.41) is 3.96. The summed E-state index contributed by atoms with van der Waals surface area (Å²) in [4.78, 5) is 33.5. The molecule has 0 unspecified atom stereocenters. The van der Waals surface area contributed by atoms with Gasteiger partial charge in [0.1, 0.15) is 10.3 Å². The Balaban J connectivity index is 0.000000202. The second-order valence-corrected chi connectivity index (χ2v) is 10.3. The van der Waals surface area contributed by atoms with Gasteiger partial charge in [-0.1, -0.05) is 88.9 Å². The number of nitrogens with zero attached hydrogens (tertiary/aromatic N) is 3. The largest absolute Gasteiger partial charge is 0.335 e. The highest BCUT2D eigenvalue weighted by atomic mass is 35.5. The molecular formula is C29H20Cl5N3O2. The first-order valence-electron chi connectivity index (χ1n) is 11.7. The van der Waals surface area contributed by atoms with Crippen molar-refractivity contribution in [2.24, 2.45) is 0 Å². The van der Waals surface area contributed by atoms with Crippen LogP contribution in [0.4, 0.5) is 0 Å². The van der Waals surface area contributed by atoms with E-state index in [1.807, 2.05) is 43.3 Å². The predicted octanol–water partition coefficient (Wildman–Crippen LogP) is 9.12. The minimum absolute atomic E-state index is 0.0423. The monoisotopic (exact) mass is 617 g/mol. The fraction of sp³-hybridized carbons (Fsp3) is 0.103. The SMILES string of the molecule is CCN(Cc1ccccc1)C(=O)c1ccc2c(Cl)cnc(Cl)c2c1.O=C(Cl)c1ccc2c(Cl)cnc(Cl)c2c1. The molecule has 5 nitrogen and oxygen atoms in total. The third kappa shape index (κ3) is 6.81. The Kier molecular flexibility index (Phi) is 9.65. The first-order valence-corrected chi connectivity index (χ1v) is 13.6. The van der Waals surface area contributed by atoms with E-state index >= 15 is 0 Å². The number of hydrogen-bond acceptors (Lipinski definition) is 4. The molecule has 2 aromatic heterocycles. The Morgan fingerprint density at radius 3 is 1.74 bits per heavy atom. The van der Waals surface area contributed by atoms with Crippen LogP contribution < -0.4 is 0 Å². The number of rotatable bonds is 5. The Labute approximate surface area is 250 Å². The van der Waals surface area contributed by atoms with Crippen LogP contribution in [0.5, 0.6) is 0 Å². The van der Waals surface area contributed by atoms with Gasteiger partial charge in [0.2, 0.25) is 0 Å². The third-order valence-corrected chi connectivity index (χ3v) is 7.36. The van der Waals surface area contributed by atoms with E-state index in [1.54, 1.807) is 35.2 Å². The van der Waals surface area contributed by atoms with Gasteiger partial charge in [0.15, 0.2) is 0 Å². The quantitative estimate of drug-likeness (QED) is 0.145. The summed E-state index contributed by atoms with van der Waals surface area (Å²) in [6.45, 7) is 3.15. The number of carbonyl (C=O) groups excluding carboxylic acids is 2. The van der Waals surface area contributed by atoms with Crippen LogP contribution in [0.15, 0.2) is 79.1 Å². The lowest BCUT2D eigenvalue weighted by Crippen LogP contribution is -2.30. The van der Waals surface area contributed by atoms with Crippen molar-refractivity contribution >= 4 is 90.7 Å². The average molecular weight is 620 g/mol. The van der Waals surface area contributed by atoms with Crippen LogP contribution in [0.1, 0.15) is 33.2 Å². The number of halogens is 5. The number of hydrogen-bond donors (Lipinski definition) is 0. The van der Waals surface area contributed by atoms with Gasteiger partial charge in [0.25, 0.3) is 11.1 Å². The maximum absolute atomic E-state index is 12.8. The second kappa shape index (κ2) is 12.9. The van der Waals surface area contributed by atoms with Crippen molar-refractivity contribution in [2.75, 3.05) is 6.54 Å². The molecule has 0 aliphatic heterocycles. The van der Waals surface area contributed by atoms with Crippen LogP contribution in [0, 0.1) is 0 Å². The highest BCUT2D eigenvalue weighted by molar-refractivity contribution is 6.67. The van der Waals surface area contributed by atoms with Crippen molar-refractivity contribution in [1.29, 1.82) is 0 Å². The van der Waals surface area contributed by atoms with Gasteiger partial charge in [0, 0.05) is 58.2 Å². The number of fused-ring (bicyclic) bond motifs is 2. The van der Waals surface area contributed by atoms with E-state index in [0.29, 0.717) is 55.3 Å². The normalized spacial score (nSPS) is 10.7. The molecular weight excluding hydrogens is 600 g/mol. The molecule has 0 aliphatic carbocycles. The molecule has 0 atom stereocenters. The van der Waals surface area contributed by atoms with E-state index < -0.39 is 5.24 Å². The summed E-state index contributed by atoms with van der Waals surface area (Å²) in [6.07, 6.45) is 2.98. The van der Waals surface area contributed by atoms with Crippen molar-refractivity contribution in [3.8, 4) is 0 Å². The number of aromatic nitrogens is 2. The molecule has 0 bridgehead atoms. The van der Waals surface area contributed by atoms with Crippen LogP contribution in [0.2, 0.25) is 20.4 Å². The average Bonchev–Trinajstić information content (AvgIpc) is 2.96.